The average molecular weight is 479 g/mol. The highest BCUT2D eigenvalue weighted by atomic mass is 32.2. The summed E-state index contributed by atoms with van der Waals surface area (Å²) in [5.41, 5.74) is 5.02. The third-order valence-electron chi connectivity index (χ3n) is 6.22. The van der Waals surface area contributed by atoms with Gasteiger partial charge in [0.25, 0.3) is 5.56 Å². The van der Waals surface area contributed by atoms with Crippen molar-refractivity contribution in [2.24, 2.45) is 0 Å². The summed E-state index contributed by atoms with van der Waals surface area (Å²) < 4.78 is 7.21. The molecule has 7 heteroatoms. The second-order valence-corrected chi connectivity index (χ2v) is 10.8. The molecule has 3 aromatic heterocycles. The zero-order valence-electron chi connectivity index (χ0n) is 19.1. The summed E-state index contributed by atoms with van der Waals surface area (Å²) >= 11 is 2.97. The maximum atomic E-state index is 13.7. The number of nitrogens with zero attached hydrogens (tertiary/aromatic N) is 2. The fraction of sp³-hybridized carbons (Fsp3) is 0.346. The second-order valence-electron chi connectivity index (χ2n) is 8.74. The first-order chi connectivity index (χ1) is 15.9. The van der Waals surface area contributed by atoms with Crippen molar-refractivity contribution in [2.75, 3.05) is 5.75 Å². The number of benzene rings is 1. The Hall–Kier alpha value is -2.64. The standard InChI is InChI=1S/C26H26N2O3S2/c1-15-11-16(2)22(17(3)12-15)20(29)14-32-26-27-24-23(19-8-4-5-9-21(19)33-24)25(30)28(26)13-18-7-6-10-31-18/h6-7,10-12H,4-5,8-9,13-14H2,1-3H3. The number of furan rings is 1. The summed E-state index contributed by atoms with van der Waals surface area (Å²) in [6.07, 6.45) is 5.82. The lowest BCUT2D eigenvalue weighted by atomic mass is 9.97. The molecule has 33 heavy (non-hydrogen) atoms. The van der Waals surface area contributed by atoms with Crippen LogP contribution in [0.15, 0.2) is 44.9 Å². The molecule has 1 aliphatic carbocycles. The van der Waals surface area contributed by atoms with E-state index in [4.69, 9.17) is 9.40 Å². The lowest BCUT2D eigenvalue weighted by Gasteiger charge is -2.13. The van der Waals surface area contributed by atoms with Gasteiger partial charge in [0, 0.05) is 10.4 Å². The van der Waals surface area contributed by atoms with E-state index in [0.29, 0.717) is 17.5 Å². The molecule has 5 rings (SSSR count). The van der Waals surface area contributed by atoms with Gasteiger partial charge in [0.05, 0.1) is 23.9 Å². The van der Waals surface area contributed by atoms with Gasteiger partial charge in [-0.15, -0.1) is 11.3 Å². The van der Waals surface area contributed by atoms with Crippen molar-refractivity contribution < 1.29 is 9.21 Å². The average Bonchev–Trinajstić information content (AvgIpc) is 3.41. The van der Waals surface area contributed by atoms with Crippen LogP contribution in [0, 0.1) is 20.8 Å². The molecule has 0 radical (unpaired) electrons. The Kier molecular flexibility index (Phi) is 6.01. The van der Waals surface area contributed by atoms with Crippen LogP contribution in [0.3, 0.4) is 0 Å². The van der Waals surface area contributed by atoms with Crippen LogP contribution in [0.5, 0.6) is 0 Å². The fourth-order valence-electron chi connectivity index (χ4n) is 4.85. The van der Waals surface area contributed by atoms with E-state index in [-0.39, 0.29) is 17.1 Å². The molecule has 170 valence electrons. The lowest BCUT2D eigenvalue weighted by Crippen LogP contribution is -2.24. The van der Waals surface area contributed by atoms with Crippen LogP contribution in [0.25, 0.3) is 10.2 Å². The number of hydrogen-bond acceptors (Lipinski definition) is 6. The summed E-state index contributed by atoms with van der Waals surface area (Å²) in [6.45, 7) is 6.30. The summed E-state index contributed by atoms with van der Waals surface area (Å²) in [5, 5.41) is 1.32. The van der Waals surface area contributed by atoms with Crippen molar-refractivity contribution in [3.8, 4) is 0 Å². The third kappa shape index (κ3) is 4.20. The van der Waals surface area contributed by atoms with E-state index in [0.717, 1.165) is 58.2 Å². The van der Waals surface area contributed by atoms with E-state index >= 15 is 0 Å². The fourth-order valence-corrected chi connectivity index (χ4v) is 7.02. The topological polar surface area (TPSA) is 65.1 Å². The highest BCUT2D eigenvalue weighted by Gasteiger charge is 2.23. The first-order valence-corrected chi connectivity index (χ1v) is 13.0. The molecule has 0 unspecified atom stereocenters. The molecule has 0 aliphatic heterocycles. The molecule has 0 saturated heterocycles. The molecule has 1 aromatic carbocycles. The van der Waals surface area contributed by atoms with E-state index in [2.05, 4.69) is 0 Å². The number of thiophene rings is 1. The Morgan fingerprint density at radius 1 is 1.18 bits per heavy atom. The number of carbonyl (C=O) groups is 1. The van der Waals surface area contributed by atoms with Crippen molar-refractivity contribution >= 4 is 39.1 Å². The van der Waals surface area contributed by atoms with E-state index in [9.17, 15) is 9.59 Å². The molecule has 0 atom stereocenters. The maximum Gasteiger partial charge on any atom is 0.263 e. The molecule has 0 N–H and O–H groups in total. The van der Waals surface area contributed by atoms with Gasteiger partial charge in [0.2, 0.25) is 0 Å². The van der Waals surface area contributed by atoms with E-state index in [1.165, 1.54) is 22.2 Å². The van der Waals surface area contributed by atoms with Crippen molar-refractivity contribution in [2.45, 2.75) is 58.2 Å². The number of fused-ring (bicyclic) bond motifs is 3. The minimum Gasteiger partial charge on any atom is -0.467 e. The predicted octanol–water partition coefficient (Wildman–Crippen LogP) is 5.88. The summed E-state index contributed by atoms with van der Waals surface area (Å²) in [4.78, 5) is 33.8. The summed E-state index contributed by atoms with van der Waals surface area (Å²) in [7, 11) is 0. The monoisotopic (exact) mass is 478 g/mol. The van der Waals surface area contributed by atoms with Crippen molar-refractivity contribution in [1.29, 1.82) is 0 Å². The molecular weight excluding hydrogens is 452 g/mol. The van der Waals surface area contributed by atoms with Gasteiger partial charge < -0.3 is 4.42 Å². The van der Waals surface area contributed by atoms with E-state index < -0.39 is 0 Å². The SMILES string of the molecule is Cc1cc(C)c(C(=O)CSc2nc3sc4c(c3c(=O)n2Cc2ccco2)CCCC4)c(C)c1. The molecule has 4 aromatic rings. The Morgan fingerprint density at radius 2 is 1.94 bits per heavy atom. The summed E-state index contributed by atoms with van der Waals surface area (Å²) in [5.74, 6) is 0.978. The molecule has 0 fully saturated rings. The largest absolute Gasteiger partial charge is 0.467 e. The Labute approximate surface area is 200 Å². The third-order valence-corrected chi connectivity index (χ3v) is 8.38. The van der Waals surface area contributed by atoms with Crippen LogP contribution >= 0.6 is 23.1 Å². The molecule has 0 saturated carbocycles. The highest BCUT2D eigenvalue weighted by Crippen LogP contribution is 2.35. The maximum absolute atomic E-state index is 13.7. The van der Waals surface area contributed by atoms with Crippen molar-refractivity contribution in [3.05, 3.63) is 79.3 Å². The number of aromatic nitrogens is 2. The Bertz CT molecular complexity index is 1390. The molecule has 0 amide bonds. The van der Waals surface area contributed by atoms with Crippen molar-refractivity contribution in [3.63, 3.8) is 0 Å². The first kappa shape index (κ1) is 22.2. The molecule has 0 spiro atoms. The van der Waals surface area contributed by atoms with Gasteiger partial charge in [0.1, 0.15) is 10.6 Å². The van der Waals surface area contributed by atoms with E-state index in [1.807, 2.05) is 45.0 Å². The number of ketones is 1. The van der Waals surface area contributed by atoms with E-state index in [1.54, 1.807) is 22.2 Å². The van der Waals surface area contributed by atoms with Gasteiger partial charge in [0.15, 0.2) is 10.9 Å². The van der Waals surface area contributed by atoms with Crippen LogP contribution in [-0.2, 0) is 19.4 Å². The molecule has 5 nitrogen and oxygen atoms in total. The number of Topliss-reactive ketones (excluding diaryl/α,β-unsaturated/α-hetero) is 1. The predicted molar refractivity (Wildman–Crippen MR) is 134 cm³/mol. The number of hydrogen-bond donors (Lipinski definition) is 0. The van der Waals surface area contributed by atoms with Crippen molar-refractivity contribution in [1.82, 2.24) is 9.55 Å². The minimum absolute atomic E-state index is 0.0338. The highest BCUT2D eigenvalue weighted by molar-refractivity contribution is 7.99. The van der Waals surface area contributed by atoms with Gasteiger partial charge in [-0.1, -0.05) is 29.5 Å². The smallest absolute Gasteiger partial charge is 0.263 e. The van der Waals surface area contributed by atoms with Crippen LogP contribution < -0.4 is 5.56 Å². The number of thioether (sulfide) groups is 1. The Morgan fingerprint density at radius 3 is 2.67 bits per heavy atom. The van der Waals surface area contributed by atoms with Gasteiger partial charge in [-0.05, 0) is 75.3 Å². The normalized spacial score (nSPS) is 13.4. The number of rotatable bonds is 6. The Balaban J connectivity index is 1.54. The first-order valence-electron chi connectivity index (χ1n) is 11.2. The second kappa shape index (κ2) is 8.95. The molecule has 1 aliphatic rings. The van der Waals surface area contributed by atoms with Gasteiger partial charge in [-0.3, -0.25) is 14.2 Å². The number of aryl methyl sites for hydroxylation is 5. The van der Waals surface area contributed by atoms with Gasteiger partial charge in [-0.25, -0.2) is 4.98 Å². The van der Waals surface area contributed by atoms with Crippen LogP contribution in [0.2, 0.25) is 0 Å². The van der Waals surface area contributed by atoms with Crippen LogP contribution in [0.1, 0.15) is 56.1 Å². The van der Waals surface area contributed by atoms with Crippen LogP contribution in [-0.4, -0.2) is 21.1 Å². The van der Waals surface area contributed by atoms with Gasteiger partial charge in [-0.2, -0.15) is 0 Å². The molecule has 0 bridgehead atoms. The zero-order valence-corrected chi connectivity index (χ0v) is 20.7. The summed E-state index contributed by atoms with van der Waals surface area (Å²) in [6, 6.07) is 7.76. The number of carbonyl (C=O) groups excluding carboxylic acids is 1. The van der Waals surface area contributed by atoms with Gasteiger partial charge >= 0.3 is 0 Å². The molecular formula is C26H26N2O3S2. The van der Waals surface area contributed by atoms with Crippen LogP contribution in [0.4, 0.5) is 0 Å². The minimum atomic E-state index is -0.0338. The zero-order chi connectivity index (χ0) is 23.1. The lowest BCUT2D eigenvalue weighted by molar-refractivity contribution is 0.102. The molecule has 3 heterocycles. The quantitative estimate of drug-likeness (QED) is 0.197.